The third kappa shape index (κ3) is 4.67. The number of nitrogens with zero attached hydrogens (tertiary/aromatic N) is 4. The van der Waals surface area contributed by atoms with Gasteiger partial charge in [0.15, 0.2) is 0 Å². The quantitative estimate of drug-likeness (QED) is 0.427. The van der Waals surface area contributed by atoms with Crippen LogP contribution < -0.4 is 10.3 Å². The number of carbonyl (C=O) groups is 1. The van der Waals surface area contributed by atoms with E-state index in [-0.39, 0.29) is 23.4 Å². The molecule has 170 valence electrons. The van der Waals surface area contributed by atoms with Crippen molar-refractivity contribution in [3.63, 3.8) is 0 Å². The van der Waals surface area contributed by atoms with Crippen molar-refractivity contribution in [2.45, 2.75) is 33.5 Å². The van der Waals surface area contributed by atoms with Gasteiger partial charge in [-0.2, -0.15) is 0 Å². The van der Waals surface area contributed by atoms with Crippen LogP contribution in [0.25, 0.3) is 11.0 Å². The van der Waals surface area contributed by atoms with E-state index in [4.69, 9.17) is 4.42 Å². The summed E-state index contributed by atoms with van der Waals surface area (Å²) in [7, 11) is 3.97. The highest BCUT2D eigenvalue weighted by Gasteiger charge is 2.23. The Labute approximate surface area is 192 Å². The molecule has 4 rings (SSSR count). The molecular weight excluding hydrogens is 416 g/mol. The highest BCUT2D eigenvalue weighted by Crippen LogP contribution is 2.18. The topological polar surface area (TPSA) is 71.6 Å². The molecule has 0 bridgehead atoms. The number of benzene rings is 1. The zero-order chi connectivity index (χ0) is 23.5. The summed E-state index contributed by atoms with van der Waals surface area (Å²) in [5.41, 5.74) is 3.28. The maximum atomic E-state index is 13.7. The number of pyridine rings is 2. The van der Waals surface area contributed by atoms with Crippen molar-refractivity contribution >= 4 is 22.6 Å². The Balaban J connectivity index is 1.74. The molecule has 0 aliphatic heterocycles. The molecule has 0 aliphatic carbocycles. The summed E-state index contributed by atoms with van der Waals surface area (Å²) in [5, 5.41) is 0.446. The van der Waals surface area contributed by atoms with Crippen LogP contribution in [0.1, 0.15) is 34.3 Å². The van der Waals surface area contributed by atoms with Crippen molar-refractivity contribution in [2.24, 2.45) is 0 Å². The van der Waals surface area contributed by atoms with Gasteiger partial charge in [0, 0.05) is 44.8 Å². The first kappa shape index (κ1) is 22.3. The second-order valence-corrected chi connectivity index (χ2v) is 8.28. The molecule has 3 heterocycles. The molecule has 0 atom stereocenters. The van der Waals surface area contributed by atoms with E-state index in [2.05, 4.69) is 4.98 Å². The predicted molar refractivity (Wildman–Crippen MR) is 129 cm³/mol. The van der Waals surface area contributed by atoms with Gasteiger partial charge in [0.2, 0.25) is 5.43 Å². The van der Waals surface area contributed by atoms with Crippen LogP contribution >= 0.6 is 0 Å². The first-order valence-electron chi connectivity index (χ1n) is 11.0. The third-order valence-electron chi connectivity index (χ3n) is 5.67. The molecule has 3 aromatic heterocycles. The first-order valence-corrected chi connectivity index (χ1v) is 11.0. The van der Waals surface area contributed by atoms with Gasteiger partial charge >= 0.3 is 0 Å². The monoisotopic (exact) mass is 444 g/mol. The number of aromatic nitrogens is 2. The molecule has 0 spiro atoms. The molecule has 4 aromatic rings. The Morgan fingerprint density at radius 2 is 1.82 bits per heavy atom. The lowest BCUT2D eigenvalue weighted by molar-refractivity contribution is 0.0715. The minimum absolute atomic E-state index is 0.131. The second-order valence-electron chi connectivity index (χ2n) is 8.28. The fraction of sp³-hybridized carbons (Fsp3) is 0.269. The number of anilines is 1. The summed E-state index contributed by atoms with van der Waals surface area (Å²) in [5.74, 6) is 0.319. The van der Waals surface area contributed by atoms with Gasteiger partial charge in [0.05, 0.1) is 18.2 Å². The average molecular weight is 445 g/mol. The highest BCUT2D eigenvalue weighted by molar-refractivity contribution is 5.96. The molecule has 7 heteroatoms. The molecule has 0 N–H and O–H groups in total. The first-order chi connectivity index (χ1) is 15.9. The van der Waals surface area contributed by atoms with Crippen molar-refractivity contribution in [2.75, 3.05) is 19.0 Å². The lowest BCUT2D eigenvalue weighted by Gasteiger charge is -2.23. The van der Waals surface area contributed by atoms with E-state index in [1.54, 1.807) is 35.6 Å². The Morgan fingerprint density at radius 3 is 2.45 bits per heavy atom. The summed E-state index contributed by atoms with van der Waals surface area (Å²) in [6, 6.07) is 15.2. The van der Waals surface area contributed by atoms with Crippen LogP contribution in [-0.2, 0) is 19.6 Å². The molecular formula is C26H28N4O3. The average Bonchev–Trinajstić information content (AvgIpc) is 3.32. The van der Waals surface area contributed by atoms with E-state index in [0.717, 1.165) is 16.9 Å². The molecule has 0 radical (unpaired) electrons. The number of furan rings is 1. The number of aryl methyl sites for hydroxylation is 2. The van der Waals surface area contributed by atoms with Crippen LogP contribution in [0.5, 0.6) is 0 Å². The van der Waals surface area contributed by atoms with E-state index in [1.165, 1.54) is 0 Å². The Kier molecular flexibility index (Phi) is 6.31. The van der Waals surface area contributed by atoms with E-state index in [0.29, 0.717) is 29.9 Å². The summed E-state index contributed by atoms with van der Waals surface area (Å²) < 4.78 is 7.36. The summed E-state index contributed by atoms with van der Waals surface area (Å²) >= 11 is 0. The number of hydrogen-bond acceptors (Lipinski definition) is 5. The number of carbonyl (C=O) groups excluding carboxylic acids is 1. The minimum atomic E-state index is -0.335. The number of amides is 1. The predicted octanol–water partition coefficient (Wildman–Crippen LogP) is 4.23. The van der Waals surface area contributed by atoms with E-state index >= 15 is 0 Å². The van der Waals surface area contributed by atoms with Gasteiger partial charge in [0.1, 0.15) is 17.0 Å². The van der Waals surface area contributed by atoms with Crippen LogP contribution in [0.4, 0.5) is 5.69 Å². The molecule has 0 unspecified atom stereocenters. The van der Waals surface area contributed by atoms with Crippen molar-refractivity contribution < 1.29 is 9.21 Å². The molecule has 1 amide bonds. The molecule has 7 nitrogen and oxygen atoms in total. The standard InChI is InChI=1S/C26H28N4O3/c1-5-29-17-23(24(31)22-13-8-18(2)27-25(22)29)26(32)30(16-21-7-6-14-33-21)15-19-9-11-20(12-10-19)28(3)4/h6-14,17H,5,15-16H2,1-4H3. The second kappa shape index (κ2) is 9.32. The highest BCUT2D eigenvalue weighted by atomic mass is 16.3. The van der Waals surface area contributed by atoms with Crippen LogP contribution in [0, 0.1) is 6.92 Å². The summed E-state index contributed by atoms with van der Waals surface area (Å²) in [6.07, 6.45) is 3.21. The molecule has 1 aromatic carbocycles. The summed E-state index contributed by atoms with van der Waals surface area (Å²) in [6.45, 7) is 5.06. The summed E-state index contributed by atoms with van der Waals surface area (Å²) in [4.78, 5) is 35.2. The molecule has 0 saturated heterocycles. The van der Waals surface area contributed by atoms with Crippen LogP contribution in [0.15, 0.2) is 70.2 Å². The maximum Gasteiger partial charge on any atom is 0.260 e. The van der Waals surface area contributed by atoms with Gasteiger partial charge in [-0.05, 0) is 55.8 Å². The van der Waals surface area contributed by atoms with Crippen LogP contribution in [0.2, 0.25) is 0 Å². The zero-order valence-corrected chi connectivity index (χ0v) is 19.4. The molecule has 0 fully saturated rings. The lowest BCUT2D eigenvalue weighted by Crippen LogP contribution is -2.34. The van der Waals surface area contributed by atoms with Gasteiger partial charge in [-0.15, -0.1) is 0 Å². The Hall–Kier alpha value is -3.87. The fourth-order valence-corrected chi connectivity index (χ4v) is 3.83. The third-order valence-corrected chi connectivity index (χ3v) is 5.67. The fourth-order valence-electron chi connectivity index (χ4n) is 3.83. The van der Waals surface area contributed by atoms with E-state index in [9.17, 15) is 9.59 Å². The van der Waals surface area contributed by atoms with Gasteiger partial charge in [0.25, 0.3) is 5.91 Å². The Bertz CT molecular complexity index is 1320. The number of rotatable bonds is 7. The normalized spacial score (nSPS) is 11.0. The molecule has 0 saturated carbocycles. The van der Waals surface area contributed by atoms with Gasteiger partial charge in [-0.3, -0.25) is 9.59 Å². The SMILES string of the molecule is CCn1cc(C(=O)N(Cc2ccc(N(C)C)cc2)Cc2ccco2)c(=O)c2ccc(C)nc21. The van der Waals surface area contributed by atoms with Crippen molar-refractivity contribution in [1.82, 2.24) is 14.5 Å². The van der Waals surface area contributed by atoms with Crippen LogP contribution in [0.3, 0.4) is 0 Å². The van der Waals surface area contributed by atoms with E-state index < -0.39 is 0 Å². The smallest absolute Gasteiger partial charge is 0.260 e. The van der Waals surface area contributed by atoms with Gasteiger partial charge < -0.3 is 18.8 Å². The lowest BCUT2D eigenvalue weighted by atomic mass is 10.1. The van der Waals surface area contributed by atoms with Crippen LogP contribution in [-0.4, -0.2) is 34.5 Å². The van der Waals surface area contributed by atoms with Gasteiger partial charge in [-0.25, -0.2) is 4.98 Å². The number of hydrogen-bond donors (Lipinski definition) is 0. The largest absolute Gasteiger partial charge is 0.467 e. The van der Waals surface area contributed by atoms with E-state index in [1.807, 2.05) is 67.7 Å². The van der Waals surface area contributed by atoms with Crippen molar-refractivity contribution in [3.8, 4) is 0 Å². The maximum absolute atomic E-state index is 13.7. The van der Waals surface area contributed by atoms with Crippen molar-refractivity contribution in [1.29, 1.82) is 0 Å². The molecule has 0 aliphatic rings. The number of fused-ring (bicyclic) bond motifs is 1. The minimum Gasteiger partial charge on any atom is -0.467 e. The molecule has 33 heavy (non-hydrogen) atoms. The Morgan fingerprint density at radius 1 is 1.06 bits per heavy atom. The van der Waals surface area contributed by atoms with Crippen molar-refractivity contribution in [3.05, 3.63) is 93.8 Å². The van der Waals surface area contributed by atoms with Gasteiger partial charge in [-0.1, -0.05) is 12.1 Å². The zero-order valence-electron chi connectivity index (χ0n) is 19.4.